The van der Waals surface area contributed by atoms with Crippen LogP contribution in [0, 0.1) is 6.92 Å². The number of carbonyl (C=O) groups excluding carboxylic acids is 1. The molecular formula is C14H23NO7S2. The summed E-state index contributed by atoms with van der Waals surface area (Å²) in [5.41, 5.74) is 0.932. The monoisotopic (exact) mass is 381 g/mol. The molecule has 0 radical (unpaired) electrons. The fraction of sp³-hybridized carbons (Fsp3) is 0.500. The van der Waals surface area contributed by atoms with Gasteiger partial charge in [-0.05, 0) is 38.4 Å². The average molecular weight is 381 g/mol. The van der Waals surface area contributed by atoms with E-state index in [1.54, 1.807) is 19.1 Å². The van der Waals surface area contributed by atoms with Crippen LogP contribution >= 0.6 is 12.9 Å². The first kappa shape index (κ1) is 22.8. The zero-order chi connectivity index (χ0) is 18.6. The summed E-state index contributed by atoms with van der Waals surface area (Å²) in [5.74, 6) is 0. The molecule has 3 N–H and O–H groups in total. The van der Waals surface area contributed by atoms with Crippen molar-refractivity contribution in [2.45, 2.75) is 37.5 Å². The molecule has 138 valence electrons. The van der Waals surface area contributed by atoms with Crippen LogP contribution in [-0.4, -0.2) is 50.0 Å². The van der Waals surface area contributed by atoms with E-state index in [-0.39, 0.29) is 11.5 Å². The number of hydrogen-bond acceptors (Lipinski definition) is 8. The highest BCUT2D eigenvalue weighted by Crippen LogP contribution is 2.14. The van der Waals surface area contributed by atoms with Gasteiger partial charge in [0.2, 0.25) is 6.41 Å². The fourth-order valence-electron chi connectivity index (χ4n) is 1.64. The Morgan fingerprint density at radius 2 is 1.88 bits per heavy atom. The standard InChI is InChI=1S/C14H21NO6S.H2OS/c1-3-14(15-10-17)21-12(8-16)9-20-22(18,19)13-6-4-11(2)5-7-13;1-2/h4-7,10,12,14,16H,3,8-9H2,1-2H3,(H,15,17);1-2H. The number of thiol groups is 1. The first-order valence-corrected chi connectivity index (χ1v) is 8.85. The van der Waals surface area contributed by atoms with Crippen LogP contribution in [0.5, 0.6) is 0 Å². The molecule has 0 bridgehead atoms. The van der Waals surface area contributed by atoms with Crippen molar-refractivity contribution in [1.29, 1.82) is 0 Å². The lowest BCUT2D eigenvalue weighted by molar-refractivity contribution is -0.118. The summed E-state index contributed by atoms with van der Waals surface area (Å²) >= 11 is 2.53. The Morgan fingerprint density at radius 3 is 2.33 bits per heavy atom. The third-order valence-electron chi connectivity index (χ3n) is 2.90. The predicted octanol–water partition coefficient (Wildman–Crippen LogP) is 0.949. The van der Waals surface area contributed by atoms with Gasteiger partial charge in [-0.25, -0.2) is 0 Å². The average Bonchev–Trinajstić information content (AvgIpc) is 2.59. The van der Waals surface area contributed by atoms with Gasteiger partial charge < -0.3 is 19.7 Å². The molecule has 0 fully saturated rings. The maximum absolute atomic E-state index is 12.0. The smallest absolute Gasteiger partial charge is 0.297 e. The first-order chi connectivity index (χ1) is 11.4. The molecule has 0 aromatic heterocycles. The number of aliphatic hydroxyl groups is 1. The van der Waals surface area contributed by atoms with Gasteiger partial charge in [0.15, 0.2) is 0 Å². The number of hydrogen-bond donors (Lipinski definition) is 4. The molecule has 2 unspecified atom stereocenters. The van der Waals surface area contributed by atoms with Gasteiger partial charge in [0.25, 0.3) is 10.1 Å². The molecule has 0 heterocycles. The fourth-order valence-corrected chi connectivity index (χ4v) is 2.57. The van der Waals surface area contributed by atoms with Gasteiger partial charge in [-0.1, -0.05) is 24.6 Å². The summed E-state index contributed by atoms with van der Waals surface area (Å²) in [6.07, 6.45) is -0.523. The molecule has 8 nitrogen and oxygen atoms in total. The summed E-state index contributed by atoms with van der Waals surface area (Å²) in [4.78, 5) is 10.4. The molecule has 0 aliphatic carbocycles. The van der Waals surface area contributed by atoms with Crippen LogP contribution in [0.1, 0.15) is 18.9 Å². The van der Waals surface area contributed by atoms with E-state index in [2.05, 4.69) is 18.2 Å². The third kappa shape index (κ3) is 8.08. The molecule has 0 saturated heterocycles. The van der Waals surface area contributed by atoms with Crippen LogP contribution in [0.2, 0.25) is 0 Å². The van der Waals surface area contributed by atoms with Crippen molar-refractivity contribution in [2.24, 2.45) is 0 Å². The van der Waals surface area contributed by atoms with Crippen LogP contribution in [0.4, 0.5) is 0 Å². The van der Waals surface area contributed by atoms with Gasteiger partial charge >= 0.3 is 0 Å². The van der Waals surface area contributed by atoms with E-state index in [4.69, 9.17) is 13.5 Å². The Hall–Kier alpha value is -1.17. The summed E-state index contributed by atoms with van der Waals surface area (Å²) in [6.45, 7) is 2.85. The van der Waals surface area contributed by atoms with Crippen molar-refractivity contribution in [1.82, 2.24) is 5.32 Å². The maximum Gasteiger partial charge on any atom is 0.297 e. The van der Waals surface area contributed by atoms with Crippen LogP contribution in [0.3, 0.4) is 0 Å². The molecule has 1 aromatic rings. The van der Waals surface area contributed by atoms with Crippen LogP contribution < -0.4 is 5.32 Å². The lowest BCUT2D eigenvalue weighted by Crippen LogP contribution is -2.37. The number of aryl methyl sites for hydroxylation is 1. The number of nitrogens with one attached hydrogen (secondary N) is 1. The Kier molecular flexibility index (Phi) is 11.6. The Bertz CT molecular complexity index is 563. The molecule has 10 heteroatoms. The topological polar surface area (TPSA) is 122 Å². The van der Waals surface area contributed by atoms with Crippen molar-refractivity contribution in [3.8, 4) is 0 Å². The van der Waals surface area contributed by atoms with Crippen molar-refractivity contribution in [3.63, 3.8) is 0 Å². The Morgan fingerprint density at radius 1 is 1.29 bits per heavy atom. The lowest BCUT2D eigenvalue weighted by Gasteiger charge is -2.21. The molecule has 0 saturated carbocycles. The van der Waals surface area contributed by atoms with Gasteiger partial charge in [-0.3, -0.25) is 8.98 Å². The number of benzene rings is 1. The molecule has 0 spiro atoms. The second-order valence-corrected chi connectivity index (χ2v) is 6.29. The SMILES string of the molecule is CCC(NC=O)OC(CO)COS(=O)(=O)c1ccc(C)cc1.OS. The minimum atomic E-state index is -3.92. The molecule has 24 heavy (non-hydrogen) atoms. The maximum atomic E-state index is 12.0. The molecule has 1 rings (SSSR count). The van der Waals surface area contributed by atoms with Gasteiger partial charge in [0.05, 0.1) is 18.1 Å². The van der Waals surface area contributed by atoms with E-state index >= 15 is 0 Å². The van der Waals surface area contributed by atoms with Gasteiger partial charge in [-0.15, -0.1) is 0 Å². The zero-order valence-electron chi connectivity index (χ0n) is 13.5. The molecule has 2 atom stereocenters. The summed E-state index contributed by atoms with van der Waals surface area (Å²) in [6, 6.07) is 6.22. The highest BCUT2D eigenvalue weighted by atomic mass is 32.2. The van der Waals surface area contributed by atoms with Crippen LogP contribution in [0.15, 0.2) is 29.2 Å². The Labute approximate surface area is 147 Å². The lowest BCUT2D eigenvalue weighted by atomic mass is 10.2. The normalized spacial score (nSPS) is 13.4. The highest BCUT2D eigenvalue weighted by Gasteiger charge is 2.20. The van der Waals surface area contributed by atoms with Crippen LogP contribution in [0.25, 0.3) is 0 Å². The zero-order valence-corrected chi connectivity index (χ0v) is 15.2. The second kappa shape index (κ2) is 12.2. The number of ether oxygens (including phenoxy) is 1. The molecule has 0 aliphatic rings. The van der Waals surface area contributed by atoms with E-state index in [1.165, 1.54) is 12.1 Å². The summed E-state index contributed by atoms with van der Waals surface area (Å²) < 4.78 is 41.0. The third-order valence-corrected chi connectivity index (χ3v) is 4.20. The van der Waals surface area contributed by atoms with Crippen molar-refractivity contribution in [3.05, 3.63) is 29.8 Å². The van der Waals surface area contributed by atoms with Gasteiger partial charge in [-0.2, -0.15) is 8.42 Å². The number of aliphatic hydroxyl groups excluding tert-OH is 1. The summed E-state index contributed by atoms with van der Waals surface area (Å²) in [5, 5.41) is 11.6. The minimum Gasteiger partial charge on any atom is -0.394 e. The van der Waals surface area contributed by atoms with E-state index in [1.807, 2.05) is 6.92 Å². The van der Waals surface area contributed by atoms with Crippen LogP contribution in [-0.2, 0) is 23.8 Å². The highest BCUT2D eigenvalue weighted by molar-refractivity contribution is 7.86. The quantitative estimate of drug-likeness (QED) is 0.156. The number of rotatable bonds is 10. The summed E-state index contributed by atoms with van der Waals surface area (Å²) in [7, 11) is -3.92. The Balaban J connectivity index is 0.00000254. The number of carbonyl (C=O) groups is 1. The second-order valence-electron chi connectivity index (χ2n) is 4.67. The van der Waals surface area contributed by atoms with E-state index in [9.17, 15) is 18.3 Å². The van der Waals surface area contributed by atoms with E-state index in [0.717, 1.165) is 5.56 Å². The van der Waals surface area contributed by atoms with Gasteiger partial charge in [0, 0.05) is 0 Å². The van der Waals surface area contributed by atoms with Crippen molar-refractivity contribution in [2.75, 3.05) is 13.2 Å². The van der Waals surface area contributed by atoms with E-state index in [0.29, 0.717) is 12.8 Å². The molecule has 0 aliphatic heterocycles. The first-order valence-electron chi connectivity index (χ1n) is 7.05. The van der Waals surface area contributed by atoms with Crippen molar-refractivity contribution >= 4 is 29.4 Å². The largest absolute Gasteiger partial charge is 0.394 e. The minimum absolute atomic E-state index is 0.0350. The molecule has 1 aromatic carbocycles. The van der Waals surface area contributed by atoms with Crippen molar-refractivity contribution < 1.29 is 31.8 Å². The predicted molar refractivity (Wildman–Crippen MR) is 91.2 cm³/mol. The van der Waals surface area contributed by atoms with E-state index < -0.39 is 29.1 Å². The molecule has 1 amide bonds. The number of amides is 1. The van der Waals surface area contributed by atoms with Gasteiger partial charge in [0.1, 0.15) is 12.3 Å². The molecular weight excluding hydrogens is 358 g/mol.